The molecule has 0 aliphatic carbocycles. The zero-order valence-corrected chi connectivity index (χ0v) is 17.2. The van der Waals surface area contributed by atoms with Gasteiger partial charge in [0.15, 0.2) is 11.5 Å². The minimum Gasteiger partial charge on any atom is -0.495 e. The van der Waals surface area contributed by atoms with Crippen LogP contribution in [0.1, 0.15) is 46.8 Å². The first-order chi connectivity index (χ1) is 13.9. The third kappa shape index (κ3) is 4.46. The predicted molar refractivity (Wildman–Crippen MR) is 111 cm³/mol. The van der Waals surface area contributed by atoms with Crippen LogP contribution in [0.15, 0.2) is 42.5 Å². The number of hydrogen-bond donors (Lipinski definition) is 1. The Balaban J connectivity index is 1.97. The van der Waals surface area contributed by atoms with Gasteiger partial charge in [-0.2, -0.15) is 0 Å². The number of carbonyl (C=O) groups is 2. The molecular formula is C21H21ClN4O3. The number of ketones is 1. The standard InChI is InChI=1S/C21H21ClN4O3/c1-4-5-18-20(24-25-26(18)16-9-7-15(22)8-10-16)21(28)23-17-12-14(13(2)27)6-11-19(17)29-3/h6-12H,4-5H2,1-3H3,(H,23,28). The van der Waals surface area contributed by atoms with Gasteiger partial charge in [-0.25, -0.2) is 4.68 Å². The van der Waals surface area contributed by atoms with Crippen molar-refractivity contribution >= 4 is 29.0 Å². The zero-order chi connectivity index (χ0) is 21.0. The number of Topliss-reactive ketones (excluding diaryl/α,β-unsaturated/α-hetero) is 1. The van der Waals surface area contributed by atoms with Crippen molar-refractivity contribution in [3.63, 3.8) is 0 Å². The molecule has 0 saturated heterocycles. The molecule has 3 rings (SSSR count). The average molecular weight is 413 g/mol. The molecule has 1 amide bonds. The predicted octanol–water partition coefficient (Wildman–Crippen LogP) is 4.34. The molecule has 0 spiro atoms. The van der Waals surface area contributed by atoms with Crippen molar-refractivity contribution < 1.29 is 14.3 Å². The summed E-state index contributed by atoms with van der Waals surface area (Å²) in [6.45, 7) is 3.48. The topological polar surface area (TPSA) is 86.1 Å². The summed E-state index contributed by atoms with van der Waals surface area (Å²) in [6.07, 6.45) is 1.42. The Hall–Kier alpha value is -3.19. The highest BCUT2D eigenvalue weighted by Crippen LogP contribution is 2.27. The van der Waals surface area contributed by atoms with E-state index < -0.39 is 5.91 Å². The molecule has 8 heteroatoms. The molecule has 0 aliphatic rings. The summed E-state index contributed by atoms with van der Waals surface area (Å²) in [5.41, 5.74) is 2.54. The Kier molecular flexibility index (Phi) is 6.29. The molecule has 0 fully saturated rings. The number of nitrogens with zero attached hydrogens (tertiary/aromatic N) is 3. The van der Waals surface area contributed by atoms with E-state index in [0.29, 0.717) is 34.1 Å². The molecule has 0 saturated carbocycles. The molecule has 0 bridgehead atoms. The smallest absolute Gasteiger partial charge is 0.278 e. The van der Waals surface area contributed by atoms with E-state index in [1.165, 1.54) is 14.0 Å². The van der Waals surface area contributed by atoms with Gasteiger partial charge in [-0.3, -0.25) is 9.59 Å². The maximum atomic E-state index is 13.0. The van der Waals surface area contributed by atoms with Crippen molar-refractivity contribution in [3.8, 4) is 11.4 Å². The lowest BCUT2D eigenvalue weighted by atomic mass is 10.1. The SMILES string of the molecule is CCCc1c(C(=O)Nc2cc(C(C)=O)ccc2OC)nnn1-c1ccc(Cl)cc1. The number of carbonyl (C=O) groups excluding carboxylic acids is 2. The highest BCUT2D eigenvalue weighted by Gasteiger charge is 2.21. The summed E-state index contributed by atoms with van der Waals surface area (Å²) in [5, 5.41) is 11.7. The summed E-state index contributed by atoms with van der Waals surface area (Å²) in [4.78, 5) is 24.7. The third-order valence-corrected chi connectivity index (χ3v) is 4.64. The maximum Gasteiger partial charge on any atom is 0.278 e. The average Bonchev–Trinajstić information content (AvgIpc) is 3.12. The maximum absolute atomic E-state index is 13.0. The van der Waals surface area contributed by atoms with Crippen molar-refractivity contribution in [2.75, 3.05) is 12.4 Å². The lowest BCUT2D eigenvalue weighted by Crippen LogP contribution is -2.16. The minimum atomic E-state index is -0.423. The fraction of sp³-hybridized carbons (Fsp3) is 0.238. The van der Waals surface area contributed by atoms with Gasteiger partial charge in [-0.1, -0.05) is 30.2 Å². The number of ether oxygens (including phenoxy) is 1. The lowest BCUT2D eigenvalue weighted by Gasteiger charge is -2.11. The normalized spacial score (nSPS) is 10.6. The number of rotatable bonds is 7. The summed E-state index contributed by atoms with van der Waals surface area (Å²) < 4.78 is 6.94. The quantitative estimate of drug-likeness (QED) is 0.583. The Morgan fingerprint density at radius 1 is 1.17 bits per heavy atom. The number of methoxy groups -OCH3 is 1. The number of amides is 1. The van der Waals surface area contributed by atoms with Crippen LogP contribution in [-0.2, 0) is 6.42 Å². The molecule has 3 aromatic rings. The van der Waals surface area contributed by atoms with E-state index in [1.807, 2.05) is 19.1 Å². The van der Waals surface area contributed by atoms with E-state index in [-0.39, 0.29) is 11.5 Å². The van der Waals surface area contributed by atoms with Crippen molar-refractivity contribution in [1.29, 1.82) is 0 Å². The van der Waals surface area contributed by atoms with E-state index in [2.05, 4.69) is 15.6 Å². The van der Waals surface area contributed by atoms with Crippen LogP contribution in [0.25, 0.3) is 5.69 Å². The fourth-order valence-electron chi connectivity index (χ4n) is 2.93. The second kappa shape index (κ2) is 8.87. The van der Waals surface area contributed by atoms with Gasteiger partial charge in [0, 0.05) is 10.6 Å². The summed E-state index contributed by atoms with van der Waals surface area (Å²) in [5.74, 6) is -0.0818. The van der Waals surface area contributed by atoms with Crippen LogP contribution >= 0.6 is 11.6 Å². The van der Waals surface area contributed by atoms with Gasteiger partial charge in [0.25, 0.3) is 5.91 Å². The second-order valence-corrected chi connectivity index (χ2v) is 6.88. The highest BCUT2D eigenvalue weighted by molar-refractivity contribution is 6.30. The Morgan fingerprint density at radius 2 is 1.90 bits per heavy atom. The number of hydrogen-bond acceptors (Lipinski definition) is 5. The first kappa shape index (κ1) is 20.5. The summed E-state index contributed by atoms with van der Waals surface area (Å²) >= 11 is 5.96. The first-order valence-electron chi connectivity index (χ1n) is 9.15. The van der Waals surface area contributed by atoms with Gasteiger partial charge >= 0.3 is 0 Å². The molecule has 7 nitrogen and oxygen atoms in total. The number of halogens is 1. The van der Waals surface area contributed by atoms with E-state index in [0.717, 1.165) is 12.1 Å². The Labute approximate surface area is 173 Å². The molecule has 0 radical (unpaired) electrons. The highest BCUT2D eigenvalue weighted by atomic mass is 35.5. The Bertz CT molecular complexity index is 1040. The first-order valence-corrected chi connectivity index (χ1v) is 9.53. The lowest BCUT2D eigenvalue weighted by molar-refractivity contribution is 0.100. The molecule has 0 aliphatic heterocycles. The van der Waals surface area contributed by atoms with E-state index in [1.54, 1.807) is 35.0 Å². The van der Waals surface area contributed by atoms with Crippen LogP contribution in [-0.4, -0.2) is 33.8 Å². The second-order valence-electron chi connectivity index (χ2n) is 6.45. The summed E-state index contributed by atoms with van der Waals surface area (Å²) in [7, 11) is 1.50. The van der Waals surface area contributed by atoms with Gasteiger partial charge in [0.1, 0.15) is 5.75 Å². The molecule has 0 unspecified atom stereocenters. The van der Waals surface area contributed by atoms with E-state index >= 15 is 0 Å². The number of anilines is 1. The van der Waals surface area contributed by atoms with Gasteiger partial charge in [0.2, 0.25) is 0 Å². The molecule has 150 valence electrons. The van der Waals surface area contributed by atoms with E-state index in [9.17, 15) is 9.59 Å². The number of nitrogens with one attached hydrogen (secondary N) is 1. The van der Waals surface area contributed by atoms with Crippen LogP contribution in [0.5, 0.6) is 5.75 Å². The van der Waals surface area contributed by atoms with Gasteiger partial charge in [-0.15, -0.1) is 5.10 Å². The van der Waals surface area contributed by atoms with Crippen LogP contribution in [0.4, 0.5) is 5.69 Å². The van der Waals surface area contributed by atoms with Gasteiger partial charge in [-0.05, 0) is 55.8 Å². The fourth-order valence-corrected chi connectivity index (χ4v) is 3.06. The van der Waals surface area contributed by atoms with Crippen LogP contribution in [0.3, 0.4) is 0 Å². The molecule has 1 heterocycles. The molecular weight excluding hydrogens is 392 g/mol. The van der Waals surface area contributed by atoms with Crippen molar-refractivity contribution in [1.82, 2.24) is 15.0 Å². The molecule has 0 atom stereocenters. The number of benzene rings is 2. The van der Waals surface area contributed by atoms with Gasteiger partial charge < -0.3 is 10.1 Å². The monoisotopic (exact) mass is 412 g/mol. The number of aromatic nitrogens is 3. The molecule has 29 heavy (non-hydrogen) atoms. The largest absolute Gasteiger partial charge is 0.495 e. The van der Waals surface area contributed by atoms with Crippen molar-refractivity contribution in [3.05, 3.63) is 64.4 Å². The minimum absolute atomic E-state index is 0.108. The van der Waals surface area contributed by atoms with Crippen LogP contribution < -0.4 is 10.1 Å². The summed E-state index contributed by atoms with van der Waals surface area (Å²) in [6, 6.07) is 12.0. The Morgan fingerprint density at radius 3 is 2.52 bits per heavy atom. The van der Waals surface area contributed by atoms with Crippen molar-refractivity contribution in [2.45, 2.75) is 26.7 Å². The molecule has 1 N–H and O–H groups in total. The van der Waals surface area contributed by atoms with Crippen molar-refractivity contribution in [2.24, 2.45) is 0 Å². The molecule has 1 aromatic heterocycles. The van der Waals surface area contributed by atoms with Crippen LogP contribution in [0, 0.1) is 0 Å². The molecule has 2 aromatic carbocycles. The van der Waals surface area contributed by atoms with E-state index in [4.69, 9.17) is 16.3 Å². The zero-order valence-electron chi connectivity index (χ0n) is 16.4. The van der Waals surface area contributed by atoms with Gasteiger partial charge in [0.05, 0.1) is 24.2 Å². The third-order valence-electron chi connectivity index (χ3n) is 4.39. The van der Waals surface area contributed by atoms with Crippen LogP contribution in [0.2, 0.25) is 5.02 Å².